The molecule has 4 heteroatoms. The lowest BCUT2D eigenvalue weighted by molar-refractivity contribution is -0.141. The van der Waals surface area contributed by atoms with Crippen molar-refractivity contribution in [3.8, 4) is 0 Å². The molecule has 1 aromatic rings. The molecule has 1 N–H and O–H groups in total. The average molecular weight is 315 g/mol. The lowest BCUT2D eigenvalue weighted by Gasteiger charge is -2.33. The summed E-state index contributed by atoms with van der Waals surface area (Å²) in [6.45, 7) is 0.300. The molecule has 0 aromatic heterocycles. The Morgan fingerprint density at radius 1 is 1.17 bits per heavy atom. The van der Waals surface area contributed by atoms with Gasteiger partial charge in [-0.2, -0.15) is 0 Å². The highest BCUT2D eigenvalue weighted by Crippen LogP contribution is 2.32. The number of carbonyl (C=O) groups excluding carboxylic acids is 1. The summed E-state index contributed by atoms with van der Waals surface area (Å²) in [5.74, 6) is -0.448. The third-order valence-electron chi connectivity index (χ3n) is 5.28. The van der Waals surface area contributed by atoms with Crippen LogP contribution in [0.1, 0.15) is 50.5 Å². The Labute approximate surface area is 137 Å². The van der Waals surface area contributed by atoms with Crippen molar-refractivity contribution in [2.75, 3.05) is 11.4 Å². The molecule has 23 heavy (non-hydrogen) atoms. The first-order valence-electron chi connectivity index (χ1n) is 8.76. The van der Waals surface area contributed by atoms with Crippen LogP contribution in [-0.4, -0.2) is 23.5 Å². The van der Waals surface area contributed by atoms with E-state index in [1.165, 1.54) is 25.7 Å². The fourth-order valence-electron chi connectivity index (χ4n) is 3.97. The zero-order valence-corrected chi connectivity index (χ0v) is 13.5. The largest absolute Gasteiger partial charge is 0.481 e. The minimum Gasteiger partial charge on any atom is -0.481 e. The molecule has 0 saturated heterocycles. The van der Waals surface area contributed by atoms with Crippen LogP contribution in [0.4, 0.5) is 5.69 Å². The number of nitrogens with zero attached hydrogens (tertiary/aromatic N) is 1. The fourth-order valence-corrected chi connectivity index (χ4v) is 3.97. The highest BCUT2D eigenvalue weighted by atomic mass is 16.4. The topological polar surface area (TPSA) is 57.6 Å². The summed E-state index contributed by atoms with van der Waals surface area (Å²) in [5.41, 5.74) is 1.87. The molecule has 0 spiro atoms. The van der Waals surface area contributed by atoms with Gasteiger partial charge < -0.3 is 10.0 Å². The number of hydrogen-bond donors (Lipinski definition) is 1. The zero-order chi connectivity index (χ0) is 16.2. The number of benzene rings is 1. The second kappa shape index (κ2) is 7.16. The van der Waals surface area contributed by atoms with E-state index in [9.17, 15) is 14.7 Å². The first-order chi connectivity index (χ1) is 11.1. The molecule has 0 radical (unpaired) electrons. The molecule has 1 aromatic carbocycles. The Bertz CT molecular complexity index is 578. The molecule has 124 valence electrons. The van der Waals surface area contributed by atoms with Gasteiger partial charge in [0.2, 0.25) is 5.91 Å². The smallest absolute Gasteiger partial charge is 0.308 e. The molecule has 2 aliphatic rings. The van der Waals surface area contributed by atoms with E-state index in [-0.39, 0.29) is 5.91 Å². The maximum atomic E-state index is 12.6. The molecule has 3 rings (SSSR count). The van der Waals surface area contributed by atoms with Gasteiger partial charge in [-0.1, -0.05) is 43.9 Å². The predicted molar refractivity (Wildman–Crippen MR) is 89.4 cm³/mol. The fraction of sp³-hybridized carbons (Fsp3) is 0.579. The van der Waals surface area contributed by atoms with E-state index in [0.717, 1.165) is 30.0 Å². The molecule has 1 saturated carbocycles. The normalized spacial score (nSPS) is 21.2. The van der Waals surface area contributed by atoms with Crippen molar-refractivity contribution in [2.45, 2.75) is 51.4 Å². The number of para-hydroxylation sites is 1. The number of carboxylic acid groups (broad SMARTS) is 1. The summed E-state index contributed by atoms with van der Waals surface area (Å²) in [6, 6.07) is 7.69. The highest BCUT2D eigenvalue weighted by molar-refractivity contribution is 5.95. The molecule has 1 aliphatic heterocycles. The third-order valence-corrected chi connectivity index (χ3v) is 5.28. The quantitative estimate of drug-likeness (QED) is 0.902. The number of aliphatic carboxylic acids is 1. The number of anilines is 1. The van der Waals surface area contributed by atoms with Crippen molar-refractivity contribution in [1.29, 1.82) is 0 Å². The van der Waals surface area contributed by atoms with E-state index in [1.807, 2.05) is 24.3 Å². The summed E-state index contributed by atoms with van der Waals surface area (Å²) in [6.07, 6.45) is 8.36. The molecular formula is C19H25NO3. The van der Waals surface area contributed by atoms with Crippen LogP contribution in [0.25, 0.3) is 0 Å². The summed E-state index contributed by atoms with van der Waals surface area (Å²) in [7, 11) is 0. The molecule has 4 nitrogen and oxygen atoms in total. The van der Waals surface area contributed by atoms with Crippen molar-refractivity contribution in [1.82, 2.24) is 0 Å². The minimum atomic E-state index is -0.816. The summed E-state index contributed by atoms with van der Waals surface area (Å²) >= 11 is 0. The molecule has 1 heterocycles. The maximum absolute atomic E-state index is 12.6. The van der Waals surface area contributed by atoms with Crippen LogP contribution in [0.3, 0.4) is 0 Å². The van der Waals surface area contributed by atoms with Crippen LogP contribution in [0, 0.1) is 11.8 Å². The van der Waals surface area contributed by atoms with Crippen LogP contribution in [0.15, 0.2) is 24.3 Å². The standard InChI is InChI=1S/C19H25NO3/c21-18(11-5-8-14-6-1-2-7-14)20-13-16(19(22)23)12-15-9-3-4-10-17(15)20/h3-4,9-10,14,16H,1-2,5-8,11-13H2,(H,22,23). The van der Waals surface area contributed by atoms with Crippen molar-refractivity contribution in [3.05, 3.63) is 29.8 Å². The van der Waals surface area contributed by atoms with Crippen LogP contribution >= 0.6 is 0 Å². The maximum Gasteiger partial charge on any atom is 0.308 e. The van der Waals surface area contributed by atoms with Crippen LogP contribution in [0.5, 0.6) is 0 Å². The third kappa shape index (κ3) is 3.74. The average Bonchev–Trinajstić information content (AvgIpc) is 3.07. The monoisotopic (exact) mass is 315 g/mol. The molecule has 1 unspecified atom stereocenters. The Morgan fingerprint density at radius 2 is 1.91 bits per heavy atom. The Morgan fingerprint density at radius 3 is 2.65 bits per heavy atom. The lowest BCUT2D eigenvalue weighted by atomic mass is 9.92. The van der Waals surface area contributed by atoms with Crippen LogP contribution in [0.2, 0.25) is 0 Å². The second-order valence-corrected chi connectivity index (χ2v) is 6.92. The zero-order valence-electron chi connectivity index (χ0n) is 13.5. The van der Waals surface area contributed by atoms with Gasteiger partial charge in [-0.05, 0) is 36.8 Å². The molecule has 1 atom stereocenters. The second-order valence-electron chi connectivity index (χ2n) is 6.92. The van der Waals surface area contributed by atoms with E-state index in [1.54, 1.807) is 4.90 Å². The van der Waals surface area contributed by atoms with Crippen molar-refractivity contribution < 1.29 is 14.7 Å². The number of hydrogen-bond acceptors (Lipinski definition) is 2. The SMILES string of the molecule is O=C(O)C1Cc2ccccc2N(C(=O)CCCC2CCCC2)C1. The van der Waals surface area contributed by atoms with Gasteiger partial charge in [0, 0.05) is 18.7 Å². The van der Waals surface area contributed by atoms with Crippen LogP contribution < -0.4 is 4.90 Å². The summed E-state index contributed by atoms with van der Waals surface area (Å²) in [4.78, 5) is 25.7. The Hall–Kier alpha value is -1.84. The van der Waals surface area contributed by atoms with Gasteiger partial charge in [-0.25, -0.2) is 0 Å². The van der Waals surface area contributed by atoms with Crippen molar-refractivity contribution >= 4 is 17.6 Å². The highest BCUT2D eigenvalue weighted by Gasteiger charge is 2.31. The van der Waals surface area contributed by atoms with Gasteiger partial charge in [-0.15, -0.1) is 0 Å². The van der Waals surface area contributed by atoms with E-state index in [4.69, 9.17) is 0 Å². The minimum absolute atomic E-state index is 0.0707. The number of carbonyl (C=O) groups is 2. The predicted octanol–water partition coefficient (Wildman–Crippen LogP) is 3.64. The van der Waals surface area contributed by atoms with Crippen LogP contribution in [-0.2, 0) is 16.0 Å². The number of fused-ring (bicyclic) bond motifs is 1. The number of rotatable bonds is 5. The number of carboxylic acids is 1. The number of amides is 1. The van der Waals surface area contributed by atoms with Gasteiger partial charge in [-0.3, -0.25) is 9.59 Å². The molecule has 1 fully saturated rings. The van der Waals surface area contributed by atoms with E-state index in [0.29, 0.717) is 19.4 Å². The summed E-state index contributed by atoms with van der Waals surface area (Å²) in [5, 5.41) is 9.35. The lowest BCUT2D eigenvalue weighted by Crippen LogP contribution is -2.42. The van der Waals surface area contributed by atoms with Crippen molar-refractivity contribution in [2.24, 2.45) is 11.8 Å². The van der Waals surface area contributed by atoms with E-state index >= 15 is 0 Å². The van der Waals surface area contributed by atoms with E-state index in [2.05, 4.69) is 0 Å². The first-order valence-corrected chi connectivity index (χ1v) is 8.76. The van der Waals surface area contributed by atoms with Gasteiger partial charge in [0.1, 0.15) is 0 Å². The van der Waals surface area contributed by atoms with Gasteiger partial charge in [0.05, 0.1) is 5.92 Å². The Kier molecular flexibility index (Phi) is 4.99. The molecule has 1 aliphatic carbocycles. The molecule has 0 bridgehead atoms. The van der Waals surface area contributed by atoms with Crippen molar-refractivity contribution in [3.63, 3.8) is 0 Å². The van der Waals surface area contributed by atoms with Gasteiger partial charge in [0.25, 0.3) is 0 Å². The first kappa shape index (κ1) is 16.0. The Balaban J connectivity index is 1.64. The molecule has 1 amide bonds. The summed E-state index contributed by atoms with van der Waals surface area (Å²) < 4.78 is 0. The van der Waals surface area contributed by atoms with Gasteiger partial charge >= 0.3 is 5.97 Å². The van der Waals surface area contributed by atoms with E-state index < -0.39 is 11.9 Å². The van der Waals surface area contributed by atoms with Gasteiger partial charge in [0.15, 0.2) is 0 Å². The molecular weight excluding hydrogens is 290 g/mol.